The summed E-state index contributed by atoms with van der Waals surface area (Å²) in [6.45, 7) is 0.774. The number of oxime groups is 1. The van der Waals surface area contributed by atoms with Crippen LogP contribution in [0, 0.1) is 0 Å². The Balaban J connectivity index is 1.50. The molecule has 15 heteroatoms. The number of anilines is 1. The van der Waals surface area contributed by atoms with Crippen LogP contribution in [0.2, 0.25) is 0 Å². The zero-order chi connectivity index (χ0) is 25.1. The fourth-order valence-electron chi connectivity index (χ4n) is 3.70. The molecule has 2 aliphatic heterocycles. The normalized spacial score (nSPS) is 19.8. The first kappa shape index (κ1) is 24.6. The molecule has 1 saturated heterocycles. The van der Waals surface area contributed by atoms with E-state index in [9.17, 15) is 19.5 Å². The van der Waals surface area contributed by atoms with Gasteiger partial charge in [0, 0.05) is 42.1 Å². The number of nitrogens with two attached hydrogens (primary N) is 1. The molecule has 184 valence electrons. The van der Waals surface area contributed by atoms with Crippen LogP contribution < -0.4 is 15.6 Å². The van der Waals surface area contributed by atoms with Crippen LogP contribution in [-0.4, -0.2) is 74.2 Å². The van der Waals surface area contributed by atoms with E-state index >= 15 is 0 Å². The van der Waals surface area contributed by atoms with E-state index in [0.29, 0.717) is 24.5 Å². The molecule has 0 unspecified atom stereocenters. The number of nitrogens with one attached hydrogen (secondary N) is 1. The Morgan fingerprint density at radius 1 is 1.37 bits per heavy atom. The van der Waals surface area contributed by atoms with E-state index in [2.05, 4.69) is 19.8 Å². The van der Waals surface area contributed by atoms with Gasteiger partial charge in [-0.05, 0) is 5.56 Å². The summed E-state index contributed by atoms with van der Waals surface area (Å²) in [6, 6.07) is 2.82. The number of carboxylic acids is 1. The molecular weight excluding hydrogens is 498 g/mol. The summed E-state index contributed by atoms with van der Waals surface area (Å²) in [6.07, 6.45) is 3.66. The number of carboxylic acid groups (broad SMARTS) is 1. The predicted octanol–water partition coefficient (Wildman–Crippen LogP) is -0.656. The number of carbonyl (C=O) groups is 3. The molecular formula is C20H22N7O6S2+. The van der Waals surface area contributed by atoms with Gasteiger partial charge in [-0.25, -0.2) is 9.36 Å². The van der Waals surface area contributed by atoms with E-state index in [1.807, 2.05) is 29.1 Å². The Hall–Kier alpha value is -3.56. The maximum Gasteiger partial charge on any atom is 0.352 e. The summed E-state index contributed by atoms with van der Waals surface area (Å²) in [5.41, 5.74) is 6.84. The monoisotopic (exact) mass is 520 g/mol. The van der Waals surface area contributed by atoms with Crippen LogP contribution in [-0.2, 0) is 37.1 Å². The van der Waals surface area contributed by atoms with E-state index in [4.69, 9.17) is 15.3 Å². The molecule has 2 amide bonds. The standard InChI is InChI=1S/C20H21N7O6S2/c1-32-8-10-3-5-26(6-4-10)7-11-9-34-18-13(17(29)27(18)14(11)19(30)31)22-16(28)12(24-33-2)15-23-20(21)35-25-15/h3-6,13,18H,7-9H2,1-2H3,(H3-,21,22,23,25,28,30,31)/p+1/b24-12-/t13-,18+/m1/s1. The molecule has 2 atom stereocenters. The van der Waals surface area contributed by atoms with Crippen LogP contribution in [0.4, 0.5) is 5.13 Å². The summed E-state index contributed by atoms with van der Waals surface area (Å²) in [5.74, 6) is -2.13. The molecule has 0 saturated carbocycles. The summed E-state index contributed by atoms with van der Waals surface area (Å²) in [5, 5.41) is 15.7. The fourth-order valence-corrected chi connectivity index (χ4v) is 5.47. The third-order valence-electron chi connectivity index (χ3n) is 5.23. The number of fused-ring (bicyclic) bond motifs is 1. The van der Waals surface area contributed by atoms with Gasteiger partial charge in [0.15, 0.2) is 24.1 Å². The van der Waals surface area contributed by atoms with E-state index < -0.39 is 29.2 Å². The van der Waals surface area contributed by atoms with Crippen molar-refractivity contribution in [2.75, 3.05) is 25.7 Å². The number of nitrogen functional groups attached to an aromatic ring is 1. The van der Waals surface area contributed by atoms with Gasteiger partial charge in [-0.1, -0.05) is 5.16 Å². The van der Waals surface area contributed by atoms with Gasteiger partial charge in [0.2, 0.25) is 11.5 Å². The van der Waals surface area contributed by atoms with E-state index in [1.54, 1.807) is 7.11 Å². The Morgan fingerprint density at radius 2 is 2.11 bits per heavy atom. The number of hydrogen-bond donors (Lipinski definition) is 3. The highest BCUT2D eigenvalue weighted by molar-refractivity contribution is 8.00. The van der Waals surface area contributed by atoms with Crippen molar-refractivity contribution >= 4 is 51.9 Å². The molecule has 2 aliphatic rings. The fraction of sp³-hybridized carbons (Fsp3) is 0.350. The third-order valence-corrected chi connectivity index (χ3v) is 7.11. The molecule has 2 aromatic heterocycles. The highest BCUT2D eigenvalue weighted by Gasteiger charge is 2.54. The Morgan fingerprint density at radius 3 is 2.71 bits per heavy atom. The van der Waals surface area contributed by atoms with Gasteiger partial charge in [0.25, 0.3) is 11.8 Å². The number of ether oxygens (including phenoxy) is 1. The molecule has 1 fully saturated rings. The first-order valence-electron chi connectivity index (χ1n) is 10.2. The minimum atomic E-state index is -1.20. The number of aliphatic carboxylic acids is 1. The van der Waals surface area contributed by atoms with Crippen molar-refractivity contribution in [1.82, 2.24) is 19.6 Å². The van der Waals surface area contributed by atoms with Crippen molar-refractivity contribution in [2.24, 2.45) is 5.16 Å². The van der Waals surface area contributed by atoms with E-state index in [0.717, 1.165) is 17.1 Å². The van der Waals surface area contributed by atoms with Gasteiger partial charge >= 0.3 is 5.97 Å². The molecule has 0 aromatic carbocycles. The molecule has 4 rings (SSSR count). The van der Waals surface area contributed by atoms with Gasteiger partial charge in [0.05, 0.1) is 6.61 Å². The average Bonchev–Trinajstić information content (AvgIpc) is 3.27. The maximum absolute atomic E-state index is 12.9. The van der Waals surface area contributed by atoms with Crippen molar-refractivity contribution in [3.05, 3.63) is 47.2 Å². The van der Waals surface area contributed by atoms with Gasteiger partial charge in [0.1, 0.15) is 24.2 Å². The lowest BCUT2D eigenvalue weighted by molar-refractivity contribution is -0.689. The molecule has 35 heavy (non-hydrogen) atoms. The molecule has 0 radical (unpaired) electrons. The zero-order valence-electron chi connectivity index (χ0n) is 18.7. The van der Waals surface area contributed by atoms with Crippen LogP contribution in [0.25, 0.3) is 0 Å². The van der Waals surface area contributed by atoms with Crippen LogP contribution in [0.1, 0.15) is 11.4 Å². The first-order chi connectivity index (χ1) is 16.8. The average molecular weight is 521 g/mol. The molecule has 0 spiro atoms. The minimum Gasteiger partial charge on any atom is -0.477 e. The summed E-state index contributed by atoms with van der Waals surface area (Å²) in [4.78, 5) is 47.7. The molecule has 4 N–H and O–H groups in total. The van der Waals surface area contributed by atoms with Crippen molar-refractivity contribution in [2.45, 2.75) is 24.6 Å². The maximum atomic E-state index is 12.9. The largest absolute Gasteiger partial charge is 0.477 e. The van der Waals surface area contributed by atoms with Gasteiger partial charge in [-0.3, -0.25) is 14.5 Å². The number of amides is 2. The number of thioether (sulfide) groups is 1. The third kappa shape index (κ3) is 4.96. The van der Waals surface area contributed by atoms with Crippen molar-refractivity contribution < 1.29 is 33.6 Å². The zero-order valence-corrected chi connectivity index (χ0v) is 20.3. The second-order valence-electron chi connectivity index (χ2n) is 7.51. The number of β-lactam (4-membered cyclic amide) rings is 1. The van der Waals surface area contributed by atoms with Crippen LogP contribution in [0.15, 0.2) is 41.0 Å². The molecule has 2 aromatic rings. The number of nitrogens with zero attached hydrogens (tertiary/aromatic N) is 5. The highest BCUT2D eigenvalue weighted by atomic mass is 32.2. The van der Waals surface area contributed by atoms with Crippen LogP contribution in [0.3, 0.4) is 0 Å². The smallest absolute Gasteiger partial charge is 0.352 e. The highest BCUT2D eigenvalue weighted by Crippen LogP contribution is 2.40. The van der Waals surface area contributed by atoms with Crippen LogP contribution >= 0.6 is 23.3 Å². The number of methoxy groups -OCH3 is 1. The number of carbonyl (C=O) groups excluding carboxylic acids is 2. The number of pyridine rings is 1. The van der Waals surface area contributed by atoms with Crippen molar-refractivity contribution in [3.63, 3.8) is 0 Å². The summed E-state index contributed by atoms with van der Waals surface area (Å²) in [7, 11) is 2.86. The second kappa shape index (κ2) is 10.4. The quantitative estimate of drug-likeness (QED) is 0.167. The van der Waals surface area contributed by atoms with E-state index in [-0.39, 0.29) is 22.4 Å². The molecule has 0 bridgehead atoms. The van der Waals surface area contributed by atoms with Crippen molar-refractivity contribution in [3.8, 4) is 0 Å². The Labute approximate surface area is 207 Å². The molecule has 4 heterocycles. The minimum absolute atomic E-state index is 0.0336. The SMILES string of the molecule is COCc1cc[n+](CC2=C(C(=O)O)N3C(=O)[C@@H](NC(=O)/C(=N\OC)c4nsc(N)n4)[C@@H]3SC2)cc1. The van der Waals surface area contributed by atoms with Gasteiger partial charge in [-0.2, -0.15) is 9.36 Å². The molecule has 13 nitrogen and oxygen atoms in total. The Kier molecular flexibility index (Phi) is 7.28. The van der Waals surface area contributed by atoms with E-state index in [1.165, 1.54) is 23.8 Å². The van der Waals surface area contributed by atoms with Crippen molar-refractivity contribution in [1.29, 1.82) is 0 Å². The molecule has 0 aliphatic carbocycles. The Bertz CT molecular complexity index is 1210. The summed E-state index contributed by atoms with van der Waals surface area (Å²) < 4.78 is 10.9. The van der Waals surface area contributed by atoms with Gasteiger partial charge in [-0.15, -0.1) is 11.8 Å². The van der Waals surface area contributed by atoms with Gasteiger partial charge < -0.3 is 25.7 Å². The van der Waals surface area contributed by atoms with Crippen LogP contribution in [0.5, 0.6) is 0 Å². The number of hydrogen-bond acceptors (Lipinski definition) is 11. The topological polar surface area (TPSA) is 173 Å². The second-order valence-corrected chi connectivity index (χ2v) is 9.40. The predicted molar refractivity (Wildman–Crippen MR) is 125 cm³/mol. The lowest BCUT2D eigenvalue weighted by atomic mass is 10.0. The first-order valence-corrected chi connectivity index (χ1v) is 12.0. The lowest BCUT2D eigenvalue weighted by Gasteiger charge is -2.49. The summed E-state index contributed by atoms with van der Waals surface area (Å²) >= 11 is 2.25. The number of rotatable bonds is 9. The lowest BCUT2D eigenvalue weighted by Crippen LogP contribution is -2.71. The number of aromatic nitrogens is 3.